The fourth-order valence-corrected chi connectivity index (χ4v) is 8.85. The maximum absolute atomic E-state index is 6.51. The molecule has 1 aliphatic heterocycles. The van der Waals surface area contributed by atoms with Gasteiger partial charge in [0.2, 0.25) is 0 Å². The average Bonchev–Trinajstić information content (AvgIpc) is 3.87. The first-order valence-electron chi connectivity index (χ1n) is 19.6. The van der Waals surface area contributed by atoms with Crippen molar-refractivity contribution in [1.29, 1.82) is 0 Å². The molecule has 3 heterocycles. The number of nitrogens with one attached hydrogen (secondary N) is 1. The number of hydrogen-bond donors (Lipinski definition) is 1. The predicted molar refractivity (Wildman–Crippen MR) is 208 cm³/mol. The maximum atomic E-state index is 6.51. The van der Waals surface area contributed by atoms with E-state index in [1.807, 2.05) is 13.1 Å². The molecule has 0 radical (unpaired) electrons. The van der Waals surface area contributed by atoms with E-state index in [9.17, 15) is 0 Å². The van der Waals surface area contributed by atoms with Crippen LogP contribution in [0.5, 0.6) is 0 Å². The van der Waals surface area contributed by atoms with E-state index in [4.69, 9.17) is 28.2 Å². The van der Waals surface area contributed by atoms with E-state index in [0.29, 0.717) is 17.8 Å². The molecule has 0 bridgehead atoms. The van der Waals surface area contributed by atoms with Crippen LogP contribution in [0.15, 0.2) is 66.2 Å². The zero-order valence-corrected chi connectivity index (χ0v) is 31.1. The zero-order valence-electron chi connectivity index (χ0n) is 30.4. The topological polar surface area (TPSA) is 53.4 Å². The number of nitrogens with zero attached hydrogens (tertiary/aromatic N) is 4. The van der Waals surface area contributed by atoms with Gasteiger partial charge in [0.1, 0.15) is 5.82 Å². The molecule has 2 aromatic rings. The molecule has 5 nitrogen and oxygen atoms in total. The minimum atomic E-state index is 0.557. The molecular formula is C43H60ClN5. The number of halogens is 1. The Hall–Kier alpha value is -2.92. The Kier molecular flexibility index (Phi) is 12.7. The molecule has 2 aromatic heterocycles. The van der Waals surface area contributed by atoms with Crippen molar-refractivity contribution in [3.63, 3.8) is 0 Å². The van der Waals surface area contributed by atoms with Crippen molar-refractivity contribution in [2.75, 3.05) is 11.4 Å². The minimum Gasteiger partial charge on any atom is -0.386 e. The van der Waals surface area contributed by atoms with Crippen molar-refractivity contribution in [3.05, 3.63) is 83.1 Å². The molecule has 0 spiro atoms. The van der Waals surface area contributed by atoms with Gasteiger partial charge in [-0.05, 0) is 125 Å². The van der Waals surface area contributed by atoms with Crippen LogP contribution in [0, 0.1) is 17.8 Å². The Bertz CT molecular complexity index is 1490. The van der Waals surface area contributed by atoms with E-state index in [0.717, 1.165) is 59.3 Å². The number of aryl methyl sites for hydroxylation is 1. The SMILES string of the molecule is C=C(C)NC1CCCCC1.C=C(C1CCCCC1)N(CC1CCC(c2cnc(CC)c(Cl)c2)CC1)c1cc(C2=CCC(C3CC3)=N2)ccn1. The molecule has 7 rings (SSSR count). The van der Waals surface area contributed by atoms with Crippen LogP contribution in [0.4, 0.5) is 5.82 Å². The summed E-state index contributed by atoms with van der Waals surface area (Å²) in [5.41, 5.74) is 8.41. The molecule has 264 valence electrons. The van der Waals surface area contributed by atoms with E-state index in [1.54, 1.807) is 0 Å². The highest BCUT2D eigenvalue weighted by Crippen LogP contribution is 2.41. The van der Waals surface area contributed by atoms with E-state index in [1.165, 1.54) is 125 Å². The fraction of sp³-hybridized carbons (Fsp3) is 0.605. The van der Waals surface area contributed by atoms with Crippen molar-refractivity contribution in [1.82, 2.24) is 15.3 Å². The minimum absolute atomic E-state index is 0.557. The van der Waals surface area contributed by atoms with Crippen LogP contribution in [0.2, 0.25) is 5.02 Å². The Balaban J connectivity index is 0.000000359. The monoisotopic (exact) mass is 681 g/mol. The predicted octanol–water partition coefficient (Wildman–Crippen LogP) is 11.6. The van der Waals surface area contributed by atoms with Crippen molar-refractivity contribution >= 4 is 28.8 Å². The highest BCUT2D eigenvalue weighted by atomic mass is 35.5. The van der Waals surface area contributed by atoms with Gasteiger partial charge < -0.3 is 10.2 Å². The lowest BCUT2D eigenvalue weighted by Crippen LogP contribution is -2.34. The number of allylic oxidation sites excluding steroid dienone is 3. The smallest absolute Gasteiger partial charge is 0.133 e. The number of aromatic nitrogens is 2. The van der Waals surface area contributed by atoms with Crippen molar-refractivity contribution in [2.45, 2.75) is 141 Å². The number of hydrogen-bond acceptors (Lipinski definition) is 5. The first-order valence-corrected chi connectivity index (χ1v) is 20.0. The van der Waals surface area contributed by atoms with Crippen LogP contribution < -0.4 is 10.2 Å². The largest absolute Gasteiger partial charge is 0.386 e. The number of pyridine rings is 2. The standard InChI is InChI=1S/C34H43ClN4.C9H17N/c1-3-31-30(35)19-29(21-37-31)26-11-9-24(10-12-26)22-39(23(2)25-7-5-4-6-8-25)34-20-28(17-18-36-34)33-16-15-32(38-33)27-13-14-27;1-8(2)10-9-6-4-3-5-7-9/h16-21,24-27H,2-15,22H2,1H3;9-10H,1,3-7H2,2H3. The summed E-state index contributed by atoms with van der Waals surface area (Å²) in [4.78, 5) is 17.1. The maximum Gasteiger partial charge on any atom is 0.133 e. The molecule has 4 saturated carbocycles. The molecule has 0 unspecified atom stereocenters. The van der Waals surface area contributed by atoms with Gasteiger partial charge in [0.15, 0.2) is 0 Å². The second kappa shape index (κ2) is 17.3. The molecule has 4 fully saturated rings. The highest BCUT2D eigenvalue weighted by Gasteiger charge is 2.31. The van der Waals surface area contributed by atoms with Crippen molar-refractivity contribution in [2.24, 2.45) is 22.7 Å². The second-order valence-electron chi connectivity index (χ2n) is 15.5. The number of anilines is 1. The summed E-state index contributed by atoms with van der Waals surface area (Å²) < 4.78 is 0. The van der Waals surface area contributed by atoms with Crippen LogP contribution in [-0.4, -0.2) is 28.3 Å². The molecule has 0 saturated heterocycles. The van der Waals surface area contributed by atoms with E-state index >= 15 is 0 Å². The molecule has 0 atom stereocenters. The van der Waals surface area contributed by atoms with E-state index in [-0.39, 0.29) is 0 Å². The van der Waals surface area contributed by atoms with Gasteiger partial charge in [0.25, 0.3) is 0 Å². The molecule has 5 aliphatic rings. The first-order chi connectivity index (χ1) is 23.9. The number of aliphatic imine (C=N–C) groups is 1. The zero-order chi connectivity index (χ0) is 34.2. The normalized spacial score (nSPS) is 23.2. The van der Waals surface area contributed by atoms with E-state index in [2.05, 4.69) is 59.2 Å². The second-order valence-corrected chi connectivity index (χ2v) is 15.9. The van der Waals surface area contributed by atoms with Crippen molar-refractivity contribution < 1.29 is 0 Å². The Labute approximate surface area is 301 Å². The summed E-state index contributed by atoms with van der Waals surface area (Å²) in [6.07, 6.45) is 29.1. The molecule has 0 amide bonds. The van der Waals surface area contributed by atoms with Crippen molar-refractivity contribution in [3.8, 4) is 0 Å². The summed E-state index contributed by atoms with van der Waals surface area (Å²) in [7, 11) is 0. The van der Waals surface area contributed by atoms with E-state index < -0.39 is 0 Å². The molecular weight excluding hydrogens is 622 g/mol. The van der Waals surface area contributed by atoms with Gasteiger partial charge in [-0.2, -0.15) is 0 Å². The van der Waals surface area contributed by atoms with Gasteiger partial charge in [-0.25, -0.2) is 4.98 Å². The van der Waals surface area contributed by atoms with Gasteiger partial charge >= 0.3 is 0 Å². The Morgan fingerprint density at radius 1 is 0.878 bits per heavy atom. The molecule has 1 N–H and O–H groups in total. The Morgan fingerprint density at radius 2 is 1.57 bits per heavy atom. The van der Waals surface area contributed by atoms with Crippen LogP contribution in [0.25, 0.3) is 5.70 Å². The Morgan fingerprint density at radius 3 is 2.22 bits per heavy atom. The average molecular weight is 682 g/mol. The summed E-state index contributed by atoms with van der Waals surface area (Å²) in [5.74, 6) is 3.54. The third-order valence-corrected chi connectivity index (χ3v) is 12.0. The third kappa shape index (κ3) is 9.87. The lowest BCUT2D eigenvalue weighted by molar-refractivity contribution is 0.323. The third-order valence-electron chi connectivity index (χ3n) is 11.6. The van der Waals surface area contributed by atoms with Gasteiger partial charge in [-0.1, -0.05) is 76.3 Å². The highest BCUT2D eigenvalue weighted by molar-refractivity contribution is 6.31. The van der Waals surface area contributed by atoms with Crippen LogP contribution in [0.3, 0.4) is 0 Å². The summed E-state index contributed by atoms with van der Waals surface area (Å²) >= 11 is 6.51. The molecule has 0 aromatic carbocycles. The van der Waals surface area contributed by atoms with Gasteiger partial charge in [0.05, 0.1) is 16.4 Å². The van der Waals surface area contributed by atoms with Gasteiger partial charge in [-0.3, -0.25) is 9.98 Å². The lowest BCUT2D eigenvalue weighted by atomic mass is 9.78. The van der Waals surface area contributed by atoms with Gasteiger partial charge in [0, 0.05) is 54.1 Å². The van der Waals surface area contributed by atoms with Crippen LogP contribution in [0.1, 0.15) is 146 Å². The van der Waals surface area contributed by atoms with Crippen LogP contribution in [-0.2, 0) is 6.42 Å². The fourth-order valence-electron chi connectivity index (χ4n) is 8.54. The lowest BCUT2D eigenvalue weighted by Gasteiger charge is -2.37. The van der Waals surface area contributed by atoms with Gasteiger partial charge in [-0.15, -0.1) is 0 Å². The molecule has 4 aliphatic carbocycles. The van der Waals surface area contributed by atoms with Crippen LogP contribution >= 0.6 is 11.6 Å². The summed E-state index contributed by atoms with van der Waals surface area (Å²) in [6.45, 7) is 13.7. The summed E-state index contributed by atoms with van der Waals surface area (Å²) in [5, 5.41) is 4.21. The molecule has 49 heavy (non-hydrogen) atoms. The summed E-state index contributed by atoms with van der Waals surface area (Å²) in [6, 6.07) is 7.30. The quantitative estimate of drug-likeness (QED) is 0.256. The first kappa shape index (κ1) is 35.9. The molecule has 6 heteroatoms. The number of rotatable bonds is 11.